The Labute approximate surface area is 178 Å². The van der Waals surface area contributed by atoms with Crippen LogP contribution in [0, 0.1) is 5.92 Å². The second-order valence-electron chi connectivity index (χ2n) is 7.71. The van der Waals surface area contributed by atoms with E-state index in [1.165, 1.54) is 5.69 Å². The number of nitrogens with zero attached hydrogens (tertiary/aromatic N) is 2. The number of benzene rings is 2. The highest BCUT2D eigenvalue weighted by Gasteiger charge is 2.28. The summed E-state index contributed by atoms with van der Waals surface area (Å²) >= 11 is 0. The molecule has 0 aliphatic carbocycles. The van der Waals surface area contributed by atoms with E-state index in [2.05, 4.69) is 39.8 Å². The molecule has 4 rings (SSSR count). The maximum Gasteiger partial charge on any atom is 0.121 e. The Bertz CT molecular complexity index is 984. The zero-order chi connectivity index (χ0) is 20.9. The van der Waals surface area contributed by atoms with E-state index >= 15 is 0 Å². The third-order valence-corrected chi connectivity index (χ3v) is 5.56. The van der Waals surface area contributed by atoms with Crippen molar-refractivity contribution in [2.75, 3.05) is 58.9 Å². The minimum absolute atomic E-state index is 0.650. The summed E-state index contributed by atoms with van der Waals surface area (Å²) in [7, 11) is 5.63. The van der Waals surface area contributed by atoms with Crippen LogP contribution in [-0.4, -0.2) is 59.0 Å². The van der Waals surface area contributed by atoms with Crippen molar-refractivity contribution < 1.29 is 9.47 Å². The van der Waals surface area contributed by atoms with Crippen LogP contribution in [0.1, 0.15) is 0 Å². The first kappa shape index (κ1) is 20.4. The minimum atomic E-state index is 0.650. The lowest BCUT2D eigenvalue weighted by Crippen LogP contribution is -2.50. The Morgan fingerprint density at radius 1 is 1.00 bits per heavy atom. The summed E-state index contributed by atoms with van der Waals surface area (Å²) in [6.07, 6.45) is 0. The van der Waals surface area contributed by atoms with Gasteiger partial charge in [0.05, 0.1) is 18.3 Å². The lowest BCUT2D eigenvalue weighted by Gasteiger charge is -2.41. The summed E-state index contributed by atoms with van der Waals surface area (Å²) in [6.45, 7) is 4.64. The standard InChI is InChI=1S/C24H30N4O2/c1-25-10-11-30-19-6-4-18(5-7-19)22-13-24(28-15-17(16-28)14-26-2)21-9-8-20(29-3)12-23(21)27-22/h4-9,12-13,17,25-26H,10-11,14-16H2,1-3H3. The Morgan fingerprint density at radius 2 is 1.77 bits per heavy atom. The van der Waals surface area contributed by atoms with Gasteiger partial charge >= 0.3 is 0 Å². The fourth-order valence-corrected chi connectivity index (χ4v) is 3.90. The van der Waals surface area contributed by atoms with E-state index < -0.39 is 0 Å². The molecule has 6 nitrogen and oxygen atoms in total. The number of anilines is 1. The molecular weight excluding hydrogens is 376 g/mol. The molecule has 1 fully saturated rings. The number of likely N-dealkylation sites (N-methyl/N-ethyl adjacent to an activating group) is 1. The number of nitrogens with one attached hydrogen (secondary N) is 2. The Hall–Kier alpha value is -2.83. The predicted molar refractivity (Wildman–Crippen MR) is 123 cm³/mol. The van der Waals surface area contributed by atoms with E-state index in [9.17, 15) is 0 Å². The van der Waals surface area contributed by atoms with E-state index in [1.54, 1.807) is 7.11 Å². The molecule has 1 aromatic heterocycles. The van der Waals surface area contributed by atoms with Gasteiger partial charge in [-0.3, -0.25) is 0 Å². The van der Waals surface area contributed by atoms with Crippen molar-refractivity contribution >= 4 is 16.6 Å². The second kappa shape index (κ2) is 9.32. The molecule has 0 unspecified atom stereocenters. The van der Waals surface area contributed by atoms with Crippen molar-refractivity contribution in [2.45, 2.75) is 0 Å². The molecule has 1 aliphatic heterocycles. The highest BCUT2D eigenvalue weighted by molar-refractivity contribution is 5.95. The Morgan fingerprint density at radius 3 is 2.47 bits per heavy atom. The molecule has 2 aromatic carbocycles. The number of hydrogen-bond acceptors (Lipinski definition) is 6. The third-order valence-electron chi connectivity index (χ3n) is 5.56. The van der Waals surface area contributed by atoms with Crippen LogP contribution in [0.2, 0.25) is 0 Å². The molecule has 3 aromatic rings. The summed E-state index contributed by atoms with van der Waals surface area (Å²) < 4.78 is 11.2. The maximum atomic E-state index is 5.75. The molecule has 0 atom stereocenters. The highest BCUT2D eigenvalue weighted by atomic mass is 16.5. The largest absolute Gasteiger partial charge is 0.497 e. The van der Waals surface area contributed by atoms with Crippen molar-refractivity contribution in [1.29, 1.82) is 0 Å². The second-order valence-corrected chi connectivity index (χ2v) is 7.71. The molecular formula is C24H30N4O2. The van der Waals surface area contributed by atoms with Gasteiger partial charge < -0.3 is 25.0 Å². The van der Waals surface area contributed by atoms with Gasteiger partial charge in [0.2, 0.25) is 0 Å². The summed E-state index contributed by atoms with van der Waals surface area (Å²) in [6, 6.07) is 16.5. The molecule has 30 heavy (non-hydrogen) atoms. The maximum absolute atomic E-state index is 5.75. The molecule has 0 amide bonds. The van der Waals surface area contributed by atoms with Gasteiger partial charge in [-0.15, -0.1) is 0 Å². The van der Waals surface area contributed by atoms with Gasteiger partial charge in [0.25, 0.3) is 0 Å². The van der Waals surface area contributed by atoms with E-state index in [0.717, 1.165) is 59.8 Å². The number of pyridine rings is 1. The van der Waals surface area contributed by atoms with Crippen molar-refractivity contribution in [3.05, 3.63) is 48.5 Å². The van der Waals surface area contributed by atoms with Gasteiger partial charge in [-0.25, -0.2) is 4.98 Å². The van der Waals surface area contributed by atoms with Crippen molar-refractivity contribution in [3.8, 4) is 22.8 Å². The Kier molecular flexibility index (Phi) is 6.35. The normalized spacial score (nSPS) is 14.0. The number of methoxy groups -OCH3 is 1. The van der Waals surface area contributed by atoms with Crippen LogP contribution in [0.15, 0.2) is 48.5 Å². The van der Waals surface area contributed by atoms with Crippen LogP contribution in [0.3, 0.4) is 0 Å². The minimum Gasteiger partial charge on any atom is -0.497 e. The summed E-state index contributed by atoms with van der Waals surface area (Å²) in [5.74, 6) is 2.38. The van der Waals surface area contributed by atoms with Crippen LogP contribution >= 0.6 is 0 Å². The quantitative estimate of drug-likeness (QED) is 0.533. The summed E-state index contributed by atoms with van der Waals surface area (Å²) in [5, 5.41) is 7.53. The first-order chi connectivity index (χ1) is 14.7. The van der Waals surface area contributed by atoms with E-state index in [0.29, 0.717) is 12.5 Å². The summed E-state index contributed by atoms with van der Waals surface area (Å²) in [5.41, 5.74) is 4.23. The zero-order valence-electron chi connectivity index (χ0n) is 17.9. The zero-order valence-corrected chi connectivity index (χ0v) is 17.9. The topological polar surface area (TPSA) is 58.7 Å². The van der Waals surface area contributed by atoms with Crippen LogP contribution < -0.4 is 25.0 Å². The molecule has 2 N–H and O–H groups in total. The van der Waals surface area contributed by atoms with Gasteiger partial charge in [0.1, 0.15) is 18.1 Å². The average molecular weight is 407 g/mol. The van der Waals surface area contributed by atoms with Crippen molar-refractivity contribution in [2.24, 2.45) is 5.92 Å². The molecule has 6 heteroatoms. The first-order valence-corrected chi connectivity index (χ1v) is 10.5. The molecule has 0 spiro atoms. The lowest BCUT2D eigenvalue weighted by molar-refractivity contribution is 0.318. The number of aromatic nitrogens is 1. The SMILES string of the molecule is CNCCOc1ccc(-c2cc(N3CC(CNC)C3)c3ccc(OC)cc3n2)cc1. The molecule has 158 valence electrons. The van der Waals surface area contributed by atoms with Crippen LogP contribution in [0.5, 0.6) is 11.5 Å². The van der Waals surface area contributed by atoms with Crippen LogP contribution in [-0.2, 0) is 0 Å². The van der Waals surface area contributed by atoms with Gasteiger partial charge in [-0.2, -0.15) is 0 Å². The predicted octanol–water partition coefficient (Wildman–Crippen LogP) is 3.16. The molecule has 0 radical (unpaired) electrons. The molecule has 0 saturated carbocycles. The molecule has 2 heterocycles. The fourth-order valence-electron chi connectivity index (χ4n) is 3.90. The first-order valence-electron chi connectivity index (χ1n) is 10.5. The highest BCUT2D eigenvalue weighted by Crippen LogP contribution is 2.36. The van der Waals surface area contributed by atoms with Gasteiger partial charge in [-0.1, -0.05) is 0 Å². The number of rotatable bonds is 9. The molecule has 1 saturated heterocycles. The van der Waals surface area contributed by atoms with Crippen molar-refractivity contribution in [1.82, 2.24) is 15.6 Å². The van der Waals surface area contributed by atoms with Gasteiger partial charge in [0, 0.05) is 54.8 Å². The van der Waals surface area contributed by atoms with Crippen LogP contribution in [0.4, 0.5) is 5.69 Å². The van der Waals surface area contributed by atoms with Crippen molar-refractivity contribution in [3.63, 3.8) is 0 Å². The third kappa shape index (κ3) is 4.35. The van der Waals surface area contributed by atoms with E-state index in [-0.39, 0.29) is 0 Å². The van der Waals surface area contributed by atoms with E-state index in [1.807, 2.05) is 38.4 Å². The fraction of sp³-hybridized carbons (Fsp3) is 0.375. The molecule has 1 aliphatic rings. The smallest absolute Gasteiger partial charge is 0.121 e. The number of ether oxygens (including phenoxy) is 2. The van der Waals surface area contributed by atoms with Gasteiger partial charge in [0.15, 0.2) is 0 Å². The lowest BCUT2D eigenvalue weighted by atomic mass is 9.97. The molecule has 0 bridgehead atoms. The monoisotopic (exact) mass is 406 g/mol. The number of hydrogen-bond donors (Lipinski definition) is 2. The van der Waals surface area contributed by atoms with Gasteiger partial charge in [-0.05, 0) is 56.6 Å². The number of fused-ring (bicyclic) bond motifs is 1. The average Bonchev–Trinajstić information content (AvgIpc) is 2.75. The summed E-state index contributed by atoms with van der Waals surface area (Å²) in [4.78, 5) is 7.39. The van der Waals surface area contributed by atoms with Crippen LogP contribution in [0.25, 0.3) is 22.2 Å². The Balaban J connectivity index is 1.66. The van der Waals surface area contributed by atoms with E-state index in [4.69, 9.17) is 14.5 Å².